The topological polar surface area (TPSA) is 16.1 Å². The van der Waals surface area contributed by atoms with Gasteiger partial charge in [-0.15, -0.1) is 0 Å². The predicted octanol–water partition coefficient (Wildman–Crippen LogP) is 4.54. The minimum absolute atomic E-state index is 0.744. The van der Waals surface area contributed by atoms with Crippen LogP contribution in [0.4, 0.5) is 5.69 Å². The summed E-state index contributed by atoms with van der Waals surface area (Å²) in [6, 6.07) is 14.2. The second-order valence-corrected chi connectivity index (χ2v) is 5.01. The Morgan fingerprint density at radius 1 is 1.16 bits per heavy atom. The third kappa shape index (κ3) is 4.25. The lowest BCUT2D eigenvalue weighted by molar-refractivity contribution is 0.708. The van der Waals surface area contributed by atoms with Gasteiger partial charge < -0.3 is 4.90 Å². The van der Waals surface area contributed by atoms with Gasteiger partial charge in [0, 0.05) is 23.5 Å². The van der Waals surface area contributed by atoms with Crippen LogP contribution in [0.2, 0.25) is 5.02 Å². The number of aromatic nitrogens is 1. The molecule has 100 valence electrons. The lowest BCUT2D eigenvalue weighted by Gasteiger charge is -2.24. The Kier molecular flexibility index (Phi) is 5.22. The Morgan fingerprint density at radius 2 is 1.95 bits per heavy atom. The van der Waals surface area contributed by atoms with E-state index < -0.39 is 0 Å². The summed E-state index contributed by atoms with van der Waals surface area (Å²) >= 11 is 6.02. The maximum atomic E-state index is 6.02. The highest BCUT2D eigenvalue weighted by Crippen LogP contribution is 2.18. The van der Waals surface area contributed by atoms with Gasteiger partial charge in [0.15, 0.2) is 0 Å². The average molecular weight is 275 g/mol. The molecule has 0 spiro atoms. The summed E-state index contributed by atoms with van der Waals surface area (Å²) in [7, 11) is 0. The molecule has 19 heavy (non-hydrogen) atoms. The monoisotopic (exact) mass is 274 g/mol. The Balaban J connectivity index is 2.14. The van der Waals surface area contributed by atoms with Crippen LogP contribution in [0, 0.1) is 0 Å². The third-order valence-corrected chi connectivity index (χ3v) is 3.27. The number of hydrogen-bond donors (Lipinski definition) is 0. The van der Waals surface area contributed by atoms with E-state index in [-0.39, 0.29) is 0 Å². The maximum absolute atomic E-state index is 6.02. The van der Waals surface area contributed by atoms with Gasteiger partial charge >= 0.3 is 0 Å². The number of benzene rings is 1. The molecule has 2 aromatic rings. The molecule has 1 aromatic heterocycles. The van der Waals surface area contributed by atoms with Gasteiger partial charge in [0.2, 0.25) is 0 Å². The van der Waals surface area contributed by atoms with Gasteiger partial charge in [-0.3, -0.25) is 4.98 Å². The molecule has 0 aliphatic carbocycles. The summed E-state index contributed by atoms with van der Waals surface area (Å²) in [5, 5.41) is 0.744. The van der Waals surface area contributed by atoms with E-state index >= 15 is 0 Å². The minimum atomic E-state index is 0.744. The number of rotatable bonds is 6. The van der Waals surface area contributed by atoms with Crippen molar-refractivity contribution in [3.8, 4) is 0 Å². The lowest BCUT2D eigenvalue weighted by atomic mass is 10.2. The number of anilines is 1. The van der Waals surface area contributed by atoms with Crippen LogP contribution in [0.25, 0.3) is 0 Å². The second-order valence-electron chi connectivity index (χ2n) is 4.58. The zero-order valence-corrected chi connectivity index (χ0v) is 12.0. The van der Waals surface area contributed by atoms with E-state index in [9.17, 15) is 0 Å². The molecule has 0 aliphatic rings. The van der Waals surface area contributed by atoms with E-state index in [1.165, 1.54) is 18.5 Å². The summed E-state index contributed by atoms with van der Waals surface area (Å²) in [6.45, 7) is 4.04. The predicted molar refractivity (Wildman–Crippen MR) is 81.6 cm³/mol. The van der Waals surface area contributed by atoms with Gasteiger partial charge in [0.05, 0.1) is 12.2 Å². The lowest BCUT2D eigenvalue weighted by Crippen LogP contribution is -2.24. The first-order valence-electron chi connectivity index (χ1n) is 6.70. The molecule has 0 saturated carbocycles. The molecule has 0 radical (unpaired) electrons. The number of para-hydroxylation sites is 1. The maximum Gasteiger partial charge on any atom is 0.0611 e. The van der Waals surface area contributed by atoms with Crippen LogP contribution in [-0.4, -0.2) is 11.5 Å². The first-order chi connectivity index (χ1) is 9.29. The van der Waals surface area contributed by atoms with Crippen LogP contribution in [0.5, 0.6) is 0 Å². The zero-order valence-electron chi connectivity index (χ0n) is 11.2. The van der Waals surface area contributed by atoms with E-state index in [1.54, 1.807) is 6.20 Å². The molecule has 0 atom stereocenters. The van der Waals surface area contributed by atoms with Crippen molar-refractivity contribution in [3.63, 3.8) is 0 Å². The molecular formula is C16H19ClN2. The van der Waals surface area contributed by atoms with Crippen molar-refractivity contribution in [2.24, 2.45) is 0 Å². The quantitative estimate of drug-likeness (QED) is 0.769. The van der Waals surface area contributed by atoms with Gasteiger partial charge in [-0.1, -0.05) is 43.1 Å². The first kappa shape index (κ1) is 13.9. The summed E-state index contributed by atoms with van der Waals surface area (Å²) in [5.74, 6) is 0. The average Bonchev–Trinajstić information content (AvgIpc) is 2.44. The fraction of sp³-hybridized carbons (Fsp3) is 0.312. The molecule has 0 aliphatic heterocycles. The van der Waals surface area contributed by atoms with Crippen LogP contribution in [-0.2, 0) is 6.54 Å². The van der Waals surface area contributed by atoms with Gasteiger partial charge in [0.1, 0.15) is 0 Å². The summed E-state index contributed by atoms with van der Waals surface area (Å²) in [4.78, 5) is 6.74. The van der Waals surface area contributed by atoms with Crippen LogP contribution >= 0.6 is 11.6 Å². The Morgan fingerprint density at radius 3 is 2.63 bits per heavy atom. The van der Waals surface area contributed by atoms with E-state index in [2.05, 4.69) is 41.1 Å². The molecule has 0 bridgehead atoms. The molecule has 3 heteroatoms. The highest BCUT2D eigenvalue weighted by atomic mass is 35.5. The first-order valence-corrected chi connectivity index (χ1v) is 7.08. The summed E-state index contributed by atoms with van der Waals surface area (Å²) in [6.07, 6.45) is 4.13. The highest BCUT2D eigenvalue weighted by Gasteiger charge is 2.07. The minimum Gasteiger partial charge on any atom is -0.366 e. The Bertz CT molecular complexity index is 499. The van der Waals surface area contributed by atoms with Gasteiger partial charge in [-0.25, -0.2) is 0 Å². The Hall–Kier alpha value is -1.54. The van der Waals surface area contributed by atoms with Crippen molar-refractivity contribution in [1.82, 2.24) is 4.98 Å². The molecule has 0 saturated heterocycles. The molecule has 0 fully saturated rings. The fourth-order valence-electron chi connectivity index (χ4n) is 2.02. The second kappa shape index (κ2) is 7.15. The Labute approximate surface area is 120 Å². The molecule has 1 heterocycles. The van der Waals surface area contributed by atoms with Crippen LogP contribution < -0.4 is 4.90 Å². The summed E-state index contributed by atoms with van der Waals surface area (Å²) in [5.41, 5.74) is 2.24. The molecule has 0 N–H and O–H groups in total. The van der Waals surface area contributed by atoms with Gasteiger partial charge in [-0.05, 0) is 30.7 Å². The van der Waals surface area contributed by atoms with Crippen molar-refractivity contribution in [1.29, 1.82) is 0 Å². The fourth-order valence-corrected chi connectivity index (χ4v) is 2.20. The molecule has 1 aromatic carbocycles. The van der Waals surface area contributed by atoms with Crippen molar-refractivity contribution >= 4 is 17.3 Å². The van der Waals surface area contributed by atoms with Crippen LogP contribution in [0.3, 0.4) is 0 Å². The molecule has 0 amide bonds. The highest BCUT2D eigenvalue weighted by molar-refractivity contribution is 6.30. The van der Waals surface area contributed by atoms with Crippen molar-refractivity contribution in [2.45, 2.75) is 26.3 Å². The van der Waals surface area contributed by atoms with E-state index in [4.69, 9.17) is 11.6 Å². The third-order valence-electron chi connectivity index (χ3n) is 3.03. The smallest absolute Gasteiger partial charge is 0.0611 e. The van der Waals surface area contributed by atoms with E-state index in [1.807, 2.05) is 18.2 Å². The van der Waals surface area contributed by atoms with Crippen LogP contribution in [0.1, 0.15) is 25.5 Å². The molecule has 0 unspecified atom stereocenters. The van der Waals surface area contributed by atoms with Gasteiger partial charge in [0.25, 0.3) is 0 Å². The number of hydrogen-bond acceptors (Lipinski definition) is 2. The van der Waals surface area contributed by atoms with Crippen molar-refractivity contribution in [2.75, 3.05) is 11.4 Å². The zero-order chi connectivity index (χ0) is 13.5. The number of nitrogens with zero attached hydrogens (tertiary/aromatic N) is 2. The summed E-state index contributed by atoms with van der Waals surface area (Å²) < 4.78 is 0. The van der Waals surface area contributed by atoms with Gasteiger partial charge in [-0.2, -0.15) is 0 Å². The van der Waals surface area contributed by atoms with E-state index in [0.717, 1.165) is 23.8 Å². The molecule has 2 rings (SSSR count). The van der Waals surface area contributed by atoms with E-state index in [0.29, 0.717) is 0 Å². The number of pyridine rings is 1. The molecular weight excluding hydrogens is 256 g/mol. The van der Waals surface area contributed by atoms with Crippen molar-refractivity contribution < 1.29 is 0 Å². The normalized spacial score (nSPS) is 10.4. The number of halogens is 1. The largest absolute Gasteiger partial charge is 0.366 e. The number of unbranched alkanes of at least 4 members (excludes halogenated alkanes) is 1. The molecule has 2 nitrogen and oxygen atoms in total. The standard InChI is InChI=1S/C16H19ClN2/c1-2-3-11-19(16-7-5-4-6-8-16)13-15-12-14(17)9-10-18-15/h4-10,12H,2-3,11,13H2,1H3. The van der Waals surface area contributed by atoms with Crippen molar-refractivity contribution in [3.05, 3.63) is 59.4 Å². The SMILES string of the molecule is CCCCN(Cc1cc(Cl)ccn1)c1ccccc1. The van der Waals surface area contributed by atoms with Crippen LogP contribution in [0.15, 0.2) is 48.7 Å².